The van der Waals surface area contributed by atoms with E-state index in [2.05, 4.69) is 39.3 Å². The Bertz CT molecular complexity index is 195. The van der Waals surface area contributed by atoms with Crippen LogP contribution >= 0.6 is 0 Å². The quantitative estimate of drug-likeness (QED) is 0.628. The molecule has 0 N–H and O–H groups in total. The lowest BCUT2D eigenvalue weighted by atomic mass is 9.97. The summed E-state index contributed by atoms with van der Waals surface area (Å²) in [5, 5.41) is 0. The summed E-state index contributed by atoms with van der Waals surface area (Å²) >= 11 is 0. The number of hydrogen-bond acceptors (Lipinski definition) is 1. The van der Waals surface area contributed by atoms with E-state index in [9.17, 15) is 0 Å². The van der Waals surface area contributed by atoms with Crippen molar-refractivity contribution in [3.63, 3.8) is 0 Å². The van der Waals surface area contributed by atoms with E-state index >= 15 is 0 Å². The van der Waals surface area contributed by atoms with E-state index in [1.807, 2.05) is 6.20 Å². The van der Waals surface area contributed by atoms with Crippen LogP contribution in [0, 0.1) is 5.41 Å². The van der Waals surface area contributed by atoms with Gasteiger partial charge in [-0.3, -0.25) is 0 Å². The Hall–Kier alpha value is -0.460. The van der Waals surface area contributed by atoms with Crippen molar-refractivity contribution < 1.29 is 0 Å². The maximum absolute atomic E-state index is 3.87. The second-order valence-corrected chi connectivity index (χ2v) is 4.99. The summed E-state index contributed by atoms with van der Waals surface area (Å²) in [6.07, 6.45) is 7.25. The van der Waals surface area contributed by atoms with Crippen LogP contribution in [0.4, 0.5) is 0 Å². The van der Waals surface area contributed by atoms with Crippen LogP contribution in [0.3, 0.4) is 0 Å². The van der Waals surface area contributed by atoms with Gasteiger partial charge in [0.25, 0.3) is 0 Å². The van der Waals surface area contributed by atoms with Crippen molar-refractivity contribution in [2.45, 2.75) is 52.0 Å². The normalized spacial score (nSPS) is 29.8. The molecular formula is C12H23N. The molecule has 1 fully saturated rings. The second kappa shape index (κ2) is 3.36. The van der Waals surface area contributed by atoms with Crippen LogP contribution in [0.1, 0.15) is 46.5 Å². The third-order valence-electron chi connectivity index (χ3n) is 3.76. The standard InChI is InChI=1S/C12H23N/c1-6-8-9-12(13(5)7-2)10-11(12,3)4/h7H,2,6,8-10H2,1,3-5H3. The largest absolute Gasteiger partial charge is 0.375 e. The molecule has 1 saturated carbocycles. The van der Waals surface area contributed by atoms with Crippen molar-refractivity contribution in [3.05, 3.63) is 12.8 Å². The van der Waals surface area contributed by atoms with Gasteiger partial charge in [0.15, 0.2) is 0 Å². The topological polar surface area (TPSA) is 3.24 Å². The summed E-state index contributed by atoms with van der Waals surface area (Å²) in [6, 6.07) is 0. The first-order valence-electron chi connectivity index (χ1n) is 5.36. The number of nitrogens with zero attached hydrogens (tertiary/aromatic N) is 1. The number of unbranched alkanes of at least 4 members (excludes halogenated alkanes) is 1. The molecule has 0 radical (unpaired) electrons. The van der Waals surface area contributed by atoms with Gasteiger partial charge in [0.1, 0.15) is 0 Å². The van der Waals surface area contributed by atoms with Crippen LogP contribution in [-0.4, -0.2) is 17.5 Å². The molecule has 0 bridgehead atoms. The molecular weight excluding hydrogens is 158 g/mol. The van der Waals surface area contributed by atoms with Crippen molar-refractivity contribution in [2.24, 2.45) is 5.41 Å². The molecule has 0 aromatic rings. The molecule has 1 aliphatic rings. The van der Waals surface area contributed by atoms with Crippen LogP contribution in [-0.2, 0) is 0 Å². The van der Waals surface area contributed by atoms with Crippen molar-refractivity contribution in [1.82, 2.24) is 4.90 Å². The number of rotatable bonds is 5. The summed E-state index contributed by atoms with van der Waals surface area (Å²) in [6.45, 7) is 10.9. The first-order chi connectivity index (χ1) is 6.00. The minimum atomic E-state index is 0.421. The third kappa shape index (κ3) is 1.61. The summed E-state index contributed by atoms with van der Waals surface area (Å²) < 4.78 is 0. The zero-order valence-electron chi connectivity index (χ0n) is 9.56. The zero-order chi connectivity index (χ0) is 10.1. The molecule has 1 rings (SSSR count). The Morgan fingerprint density at radius 2 is 2.00 bits per heavy atom. The van der Waals surface area contributed by atoms with Crippen molar-refractivity contribution in [2.75, 3.05) is 7.05 Å². The summed E-state index contributed by atoms with van der Waals surface area (Å²) in [7, 11) is 2.16. The molecule has 0 amide bonds. The van der Waals surface area contributed by atoms with Gasteiger partial charge in [-0.1, -0.05) is 40.2 Å². The average molecular weight is 181 g/mol. The van der Waals surface area contributed by atoms with Gasteiger partial charge in [-0.25, -0.2) is 0 Å². The predicted octanol–water partition coefficient (Wildman–Crippen LogP) is 3.42. The van der Waals surface area contributed by atoms with Crippen LogP contribution in [0.2, 0.25) is 0 Å². The lowest BCUT2D eigenvalue weighted by Crippen LogP contribution is -2.33. The second-order valence-electron chi connectivity index (χ2n) is 4.99. The molecule has 0 saturated heterocycles. The highest BCUT2D eigenvalue weighted by Gasteiger charge is 2.62. The predicted molar refractivity (Wildman–Crippen MR) is 58.6 cm³/mol. The van der Waals surface area contributed by atoms with Gasteiger partial charge in [-0.15, -0.1) is 0 Å². The molecule has 0 heterocycles. The third-order valence-corrected chi connectivity index (χ3v) is 3.76. The lowest BCUT2D eigenvalue weighted by Gasteiger charge is -2.30. The maximum Gasteiger partial charge on any atom is 0.0451 e. The highest BCUT2D eigenvalue weighted by Crippen LogP contribution is 2.61. The highest BCUT2D eigenvalue weighted by molar-refractivity contribution is 5.18. The minimum absolute atomic E-state index is 0.421. The van der Waals surface area contributed by atoms with E-state index in [4.69, 9.17) is 0 Å². The molecule has 0 aromatic carbocycles. The van der Waals surface area contributed by atoms with Crippen molar-refractivity contribution in [1.29, 1.82) is 0 Å². The van der Waals surface area contributed by atoms with Gasteiger partial charge in [-0.2, -0.15) is 0 Å². The summed E-state index contributed by atoms with van der Waals surface area (Å²) in [4.78, 5) is 2.32. The van der Waals surface area contributed by atoms with Gasteiger partial charge in [0.05, 0.1) is 0 Å². The molecule has 0 spiro atoms. The van der Waals surface area contributed by atoms with Crippen LogP contribution in [0.15, 0.2) is 12.8 Å². The Labute approximate surface area is 82.8 Å². The van der Waals surface area contributed by atoms with Gasteiger partial charge in [0, 0.05) is 12.6 Å². The van der Waals surface area contributed by atoms with E-state index in [-0.39, 0.29) is 0 Å². The molecule has 1 heteroatoms. The van der Waals surface area contributed by atoms with Gasteiger partial charge in [0.2, 0.25) is 0 Å². The first-order valence-corrected chi connectivity index (χ1v) is 5.36. The van der Waals surface area contributed by atoms with E-state index in [0.29, 0.717) is 11.0 Å². The molecule has 1 atom stereocenters. The van der Waals surface area contributed by atoms with Crippen LogP contribution in [0.25, 0.3) is 0 Å². The number of hydrogen-bond donors (Lipinski definition) is 0. The minimum Gasteiger partial charge on any atom is -0.375 e. The molecule has 13 heavy (non-hydrogen) atoms. The lowest BCUT2D eigenvalue weighted by molar-refractivity contribution is 0.230. The molecule has 76 valence electrons. The van der Waals surface area contributed by atoms with E-state index in [0.717, 1.165) is 0 Å². The Kier molecular flexibility index (Phi) is 2.74. The maximum atomic E-state index is 3.87. The molecule has 1 nitrogen and oxygen atoms in total. The van der Waals surface area contributed by atoms with Gasteiger partial charge in [-0.05, 0) is 24.5 Å². The van der Waals surface area contributed by atoms with E-state index < -0.39 is 0 Å². The first kappa shape index (κ1) is 10.6. The van der Waals surface area contributed by atoms with Gasteiger partial charge >= 0.3 is 0 Å². The van der Waals surface area contributed by atoms with E-state index in [1.165, 1.54) is 25.7 Å². The van der Waals surface area contributed by atoms with Crippen LogP contribution < -0.4 is 0 Å². The van der Waals surface area contributed by atoms with Gasteiger partial charge < -0.3 is 4.90 Å². The smallest absolute Gasteiger partial charge is 0.0451 e. The van der Waals surface area contributed by atoms with Crippen molar-refractivity contribution >= 4 is 0 Å². The fraction of sp³-hybridized carbons (Fsp3) is 0.833. The fourth-order valence-electron chi connectivity index (χ4n) is 2.54. The molecule has 0 aliphatic heterocycles. The van der Waals surface area contributed by atoms with Crippen LogP contribution in [0.5, 0.6) is 0 Å². The molecule has 0 aromatic heterocycles. The Morgan fingerprint density at radius 3 is 2.31 bits per heavy atom. The van der Waals surface area contributed by atoms with E-state index in [1.54, 1.807) is 0 Å². The summed E-state index contributed by atoms with van der Waals surface area (Å²) in [5.74, 6) is 0. The average Bonchev–Trinajstić information content (AvgIpc) is 2.65. The summed E-state index contributed by atoms with van der Waals surface area (Å²) in [5.41, 5.74) is 0.913. The molecule has 1 aliphatic carbocycles. The zero-order valence-corrected chi connectivity index (χ0v) is 9.56. The fourth-order valence-corrected chi connectivity index (χ4v) is 2.54. The Morgan fingerprint density at radius 1 is 1.46 bits per heavy atom. The molecule has 1 unspecified atom stereocenters. The SMILES string of the molecule is C=CN(C)C1(CCCC)CC1(C)C. The Balaban J connectivity index is 2.63. The van der Waals surface area contributed by atoms with Crippen molar-refractivity contribution in [3.8, 4) is 0 Å². The highest BCUT2D eigenvalue weighted by atomic mass is 15.2. The monoisotopic (exact) mass is 181 g/mol.